The van der Waals surface area contributed by atoms with Crippen molar-refractivity contribution in [1.82, 2.24) is 9.97 Å². The van der Waals surface area contributed by atoms with Crippen molar-refractivity contribution in [1.29, 1.82) is 0 Å². The van der Waals surface area contributed by atoms with E-state index in [9.17, 15) is 0 Å². The lowest BCUT2D eigenvalue weighted by molar-refractivity contribution is 1.40. The van der Waals surface area contributed by atoms with Crippen molar-refractivity contribution in [2.45, 2.75) is 6.92 Å². The SMILES string of the molecule is Cc1ccsc1-c1nc(-c2c[nH]c3ccccc23)cs1. The highest BCUT2D eigenvalue weighted by Crippen LogP contribution is 2.36. The van der Waals surface area contributed by atoms with Gasteiger partial charge in [0.15, 0.2) is 0 Å². The highest BCUT2D eigenvalue weighted by Gasteiger charge is 2.12. The summed E-state index contributed by atoms with van der Waals surface area (Å²) in [7, 11) is 0. The summed E-state index contributed by atoms with van der Waals surface area (Å²) < 4.78 is 0. The zero-order chi connectivity index (χ0) is 13.5. The van der Waals surface area contributed by atoms with Gasteiger partial charge in [-0.1, -0.05) is 18.2 Å². The fourth-order valence-corrected chi connectivity index (χ4v) is 4.30. The molecule has 4 heteroatoms. The first-order valence-electron chi connectivity index (χ1n) is 6.39. The van der Waals surface area contributed by atoms with E-state index in [1.165, 1.54) is 21.4 Å². The molecule has 0 saturated heterocycles. The number of nitrogens with one attached hydrogen (secondary N) is 1. The summed E-state index contributed by atoms with van der Waals surface area (Å²) >= 11 is 3.47. The number of aromatic nitrogens is 2. The first-order chi connectivity index (χ1) is 9.83. The van der Waals surface area contributed by atoms with Crippen LogP contribution in [0.25, 0.3) is 32.0 Å². The average Bonchev–Trinajstić information content (AvgIpc) is 3.15. The fraction of sp³-hybridized carbons (Fsp3) is 0.0625. The van der Waals surface area contributed by atoms with E-state index >= 15 is 0 Å². The summed E-state index contributed by atoms with van der Waals surface area (Å²) in [5, 5.41) is 6.60. The molecule has 0 aliphatic heterocycles. The molecule has 0 radical (unpaired) electrons. The Morgan fingerprint density at radius 2 is 2.00 bits per heavy atom. The molecule has 1 aromatic carbocycles. The highest BCUT2D eigenvalue weighted by atomic mass is 32.1. The Kier molecular flexibility index (Phi) is 2.72. The van der Waals surface area contributed by atoms with Crippen LogP contribution >= 0.6 is 22.7 Å². The molecular weight excluding hydrogens is 284 g/mol. The normalized spacial score (nSPS) is 11.2. The zero-order valence-electron chi connectivity index (χ0n) is 10.9. The second-order valence-electron chi connectivity index (χ2n) is 4.72. The van der Waals surface area contributed by atoms with Gasteiger partial charge in [-0.2, -0.15) is 0 Å². The number of nitrogens with zero attached hydrogens (tertiary/aromatic N) is 1. The number of thiazole rings is 1. The quantitative estimate of drug-likeness (QED) is 0.532. The van der Waals surface area contributed by atoms with E-state index in [-0.39, 0.29) is 0 Å². The average molecular weight is 296 g/mol. The van der Waals surface area contributed by atoms with Crippen molar-refractivity contribution in [3.05, 3.63) is 52.9 Å². The Bertz CT molecular complexity index is 883. The van der Waals surface area contributed by atoms with Crippen molar-refractivity contribution >= 4 is 33.6 Å². The van der Waals surface area contributed by atoms with Crippen molar-refractivity contribution in [3.8, 4) is 21.1 Å². The summed E-state index contributed by atoms with van der Waals surface area (Å²) in [5.74, 6) is 0. The molecule has 4 aromatic rings. The molecular formula is C16H12N2S2. The number of thiophene rings is 1. The topological polar surface area (TPSA) is 28.7 Å². The van der Waals surface area contributed by atoms with Crippen LogP contribution in [0.1, 0.15) is 5.56 Å². The Hall–Kier alpha value is -1.91. The van der Waals surface area contributed by atoms with E-state index in [0.717, 1.165) is 16.2 Å². The molecule has 0 fully saturated rings. The Morgan fingerprint density at radius 3 is 2.85 bits per heavy atom. The van der Waals surface area contributed by atoms with Gasteiger partial charge in [-0.3, -0.25) is 0 Å². The third kappa shape index (κ3) is 1.80. The standard InChI is InChI=1S/C16H12N2S2/c1-10-6-7-19-15(10)16-18-14(9-20-16)12-8-17-13-5-3-2-4-11(12)13/h2-9,17H,1H3. The molecule has 0 spiro atoms. The lowest BCUT2D eigenvalue weighted by Gasteiger charge is -1.94. The predicted octanol–water partition coefficient (Wildman–Crippen LogP) is 5.33. The van der Waals surface area contributed by atoms with Crippen LogP contribution < -0.4 is 0 Å². The Morgan fingerprint density at radius 1 is 1.10 bits per heavy atom. The van der Waals surface area contributed by atoms with Gasteiger partial charge in [0.1, 0.15) is 5.01 Å². The summed E-state index contributed by atoms with van der Waals surface area (Å²) in [6.45, 7) is 2.14. The first kappa shape index (κ1) is 11.9. The van der Waals surface area contributed by atoms with Gasteiger partial charge in [-0.15, -0.1) is 22.7 Å². The van der Waals surface area contributed by atoms with Crippen molar-refractivity contribution < 1.29 is 0 Å². The van der Waals surface area contributed by atoms with E-state index in [1.807, 2.05) is 12.3 Å². The number of fused-ring (bicyclic) bond motifs is 1. The molecule has 0 aliphatic carbocycles. The van der Waals surface area contributed by atoms with E-state index < -0.39 is 0 Å². The third-order valence-corrected chi connectivity index (χ3v) is 5.44. The number of H-pyrrole nitrogens is 1. The minimum atomic E-state index is 1.05. The second kappa shape index (κ2) is 4.58. The lowest BCUT2D eigenvalue weighted by Crippen LogP contribution is -1.77. The molecule has 20 heavy (non-hydrogen) atoms. The van der Waals surface area contributed by atoms with Crippen molar-refractivity contribution in [2.24, 2.45) is 0 Å². The van der Waals surface area contributed by atoms with Crippen LogP contribution in [0.3, 0.4) is 0 Å². The van der Waals surface area contributed by atoms with Gasteiger partial charge >= 0.3 is 0 Å². The summed E-state index contributed by atoms with van der Waals surface area (Å²) in [4.78, 5) is 9.40. The van der Waals surface area contributed by atoms with Crippen LogP contribution in [-0.4, -0.2) is 9.97 Å². The molecule has 0 aliphatic rings. The third-order valence-electron chi connectivity index (χ3n) is 3.43. The van der Waals surface area contributed by atoms with E-state index in [0.29, 0.717) is 0 Å². The maximum Gasteiger partial charge on any atom is 0.134 e. The minimum Gasteiger partial charge on any atom is -0.360 e. The van der Waals surface area contributed by atoms with Gasteiger partial charge in [-0.05, 0) is 30.0 Å². The molecule has 0 saturated carbocycles. The van der Waals surface area contributed by atoms with Crippen molar-refractivity contribution in [2.75, 3.05) is 0 Å². The summed E-state index contributed by atoms with van der Waals surface area (Å²) in [6.07, 6.45) is 2.05. The lowest BCUT2D eigenvalue weighted by atomic mass is 10.1. The largest absolute Gasteiger partial charge is 0.360 e. The number of para-hydroxylation sites is 1. The number of hydrogen-bond acceptors (Lipinski definition) is 3. The molecule has 0 amide bonds. The zero-order valence-corrected chi connectivity index (χ0v) is 12.5. The van der Waals surface area contributed by atoms with Gasteiger partial charge in [-0.25, -0.2) is 4.98 Å². The van der Waals surface area contributed by atoms with Gasteiger partial charge < -0.3 is 4.98 Å². The smallest absolute Gasteiger partial charge is 0.134 e. The molecule has 2 nitrogen and oxygen atoms in total. The first-order valence-corrected chi connectivity index (χ1v) is 8.15. The van der Waals surface area contributed by atoms with Crippen LogP contribution in [-0.2, 0) is 0 Å². The Balaban J connectivity index is 1.84. The fourth-order valence-electron chi connectivity index (χ4n) is 2.38. The monoisotopic (exact) mass is 296 g/mol. The van der Waals surface area contributed by atoms with Gasteiger partial charge in [0.05, 0.1) is 10.6 Å². The van der Waals surface area contributed by atoms with Gasteiger partial charge in [0.2, 0.25) is 0 Å². The molecule has 1 N–H and O–H groups in total. The Labute approximate surface area is 124 Å². The highest BCUT2D eigenvalue weighted by molar-refractivity contribution is 7.20. The van der Waals surface area contributed by atoms with Crippen LogP contribution in [0.15, 0.2) is 47.3 Å². The van der Waals surface area contributed by atoms with E-state index in [2.05, 4.69) is 46.9 Å². The molecule has 4 rings (SSSR count). The van der Waals surface area contributed by atoms with Crippen LogP contribution in [0.5, 0.6) is 0 Å². The predicted molar refractivity (Wildman–Crippen MR) is 87.5 cm³/mol. The second-order valence-corrected chi connectivity index (χ2v) is 6.49. The number of aromatic amines is 1. The minimum absolute atomic E-state index is 1.05. The molecule has 0 atom stereocenters. The van der Waals surface area contributed by atoms with Crippen molar-refractivity contribution in [3.63, 3.8) is 0 Å². The molecule has 0 bridgehead atoms. The van der Waals surface area contributed by atoms with E-state index in [1.54, 1.807) is 22.7 Å². The number of aryl methyl sites for hydroxylation is 1. The maximum atomic E-state index is 4.82. The van der Waals surface area contributed by atoms with Crippen LogP contribution in [0.4, 0.5) is 0 Å². The number of hydrogen-bond donors (Lipinski definition) is 1. The van der Waals surface area contributed by atoms with Crippen LogP contribution in [0.2, 0.25) is 0 Å². The number of benzene rings is 1. The summed E-state index contributed by atoms with van der Waals surface area (Å²) in [5.41, 5.74) is 4.69. The maximum absolute atomic E-state index is 4.82. The molecule has 3 aromatic heterocycles. The molecule has 3 heterocycles. The molecule has 0 unspecified atom stereocenters. The van der Waals surface area contributed by atoms with Gasteiger partial charge in [0.25, 0.3) is 0 Å². The van der Waals surface area contributed by atoms with Crippen LogP contribution in [0, 0.1) is 6.92 Å². The summed E-state index contributed by atoms with van der Waals surface area (Å²) in [6, 6.07) is 10.5. The van der Waals surface area contributed by atoms with Gasteiger partial charge in [0, 0.05) is 28.0 Å². The number of rotatable bonds is 2. The molecule has 98 valence electrons. The van der Waals surface area contributed by atoms with E-state index in [4.69, 9.17) is 4.98 Å².